The first-order valence-corrected chi connectivity index (χ1v) is 6.62. The number of thioether (sulfide) groups is 1. The van der Waals surface area contributed by atoms with Crippen LogP contribution in [0.3, 0.4) is 0 Å². The summed E-state index contributed by atoms with van der Waals surface area (Å²) < 4.78 is 5.42. The third-order valence-corrected chi connectivity index (χ3v) is 3.01. The molecular formula is C12H17NO3S. The number of carboxylic acids is 1. The molecule has 0 unspecified atom stereocenters. The number of rotatable bonds is 8. The van der Waals surface area contributed by atoms with Gasteiger partial charge in [0.2, 0.25) is 0 Å². The Balaban J connectivity index is 2.21. The van der Waals surface area contributed by atoms with Crippen molar-refractivity contribution >= 4 is 17.7 Å². The molecule has 0 aromatic carbocycles. The fourth-order valence-corrected chi connectivity index (χ4v) is 1.85. The van der Waals surface area contributed by atoms with E-state index in [0.29, 0.717) is 6.61 Å². The lowest BCUT2D eigenvalue weighted by Gasteiger charge is -2.03. The zero-order chi connectivity index (χ0) is 12.5. The van der Waals surface area contributed by atoms with Crippen molar-refractivity contribution in [3.63, 3.8) is 0 Å². The number of hydrogen-bond donors (Lipinski definition) is 1. The highest BCUT2D eigenvalue weighted by atomic mass is 32.2. The molecule has 0 bridgehead atoms. The van der Waals surface area contributed by atoms with Gasteiger partial charge in [0.1, 0.15) is 0 Å². The van der Waals surface area contributed by atoms with Gasteiger partial charge in [-0.3, -0.25) is 0 Å². The Morgan fingerprint density at radius 1 is 1.47 bits per heavy atom. The summed E-state index contributed by atoms with van der Waals surface area (Å²) in [5, 5.41) is 9.53. The van der Waals surface area contributed by atoms with Gasteiger partial charge in [-0.15, -0.1) is 11.8 Å². The molecule has 0 saturated carbocycles. The van der Waals surface area contributed by atoms with Gasteiger partial charge < -0.3 is 9.84 Å². The van der Waals surface area contributed by atoms with E-state index in [2.05, 4.69) is 11.9 Å². The molecule has 0 aliphatic rings. The lowest BCUT2D eigenvalue weighted by Crippen LogP contribution is -2.00. The number of carboxylic acid groups (broad SMARTS) is 1. The Morgan fingerprint density at radius 2 is 2.29 bits per heavy atom. The monoisotopic (exact) mass is 255 g/mol. The quantitative estimate of drug-likeness (QED) is 0.571. The SMILES string of the molecule is CCCCOCCSc1ccc(C(=O)O)cn1. The molecule has 0 aliphatic carbocycles. The van der Waals surface area contributed by atoms with Gasteiger partial charge >= 0.3 is 5.97 Å². The molecule has 0 saturated heterocycles. The topological polar surface area (TPSA) is 59.4 Å². The average Bonchev–Trinajstić information content (AvgIpc) is 2.34. The number of nitrogens with zero attached hydrogens (tertiary/aromatic N) is 1. The van der Waals surface area contributed by atoms with Crippen LogP contribution in [0.15, 0.2) is 23.4 Å². The zero-order valence-corrected chi connectivity index (χ0v) is 10.7. The van der Waals surface area contributed by atoms with Gasteiger partial charge in [-0.25, -0.2) is 9.78 Å². The van der Waals surface area contributed by atoms with Gasteiger partial charge in [0, 0.05) is 18.6 Å². The van der Waals surface area contributed by atoms with Crippen LogP contribution >= 0.6 is 11.8 Å². The van der Waals surface area contributed by atoms with Crippen molar-refractivity contribution < 1.29 is 14.6 Å². The maximum atomic E-state index is 10.6. The normalized spacial score (nSPS) is 10.4. The molecule has 0 atom stereocenters. The summed E-state index contributed by atoms with van der Waals surface area (Å²) in [6.45, 7) is 3.64. The van der Waals surface area contributed by atoms with E-state index in [4.69, 9.17) is 9.84 Å². The van der Waals surface area contributed by atoms with E-state index < -0.39 is 5.97 Å². The number of hydrogen-bond acceptors (Lipinski definition) is 4. The summed E-state index contributed by atoms with van der Waals surface area (Å²) in [6, 6.07) is 3.29. The second kappa shape index (κ2) is 8.08. The molecule has 1 heterocycles. The summed E-state index contributed by atoms with van der Waals surface area (Å²) in [7, 11) is 0. The summed E-state index contributed by atoms with van der Waals surface area (Å²) >= 11 is 1.57. The second-order valence-electron chi connectivity index (χ2n) is 3.50. The highest BCUT2D eigenvalue weighted by molar-refractivity contribution is 7.99. The van der Waals surface area contributed by atoms with E-state index in [1.54, 1.807) is 23.9 Å². The van der Waals surface area contributed by atoms with E-state index in [9.17, 15) is 4.79 Å². The second-order valence-corrected chi connectivity index (χ2v) is 4.62. The molecule has 4 nitrogen and oxygen atoms in total. The minimum atomic E-state index is -0.947. The molecule has 94 valence electrons. The molecule has 1 rings (SSSR count). The van der Waals surface area contributed by atoms with Gasteiger partial charge in [-0.2, -0.15) is 0 Å². The molecular weight excluding hydrogens is 238 g/mol. The molecule has 5 heteroatoms. The van der Waals surface area contributed by atoms with Crippen molar-refractivity contribution in [2.24, 2.45) is 0 Å². The molecule has 1 N–H and O–H groups in total. The first kappa shape index (κ1) is 14.0. The largest absolute Gasteiger partial charge is 0.478 e. The third kappa shape index (κ3) is 5.70. The van der Waals surface area contributed by atoms with Crippen LogP contribution in [0.25, 0.3) is 0 Å². The fraction of sp³-hybridized carbons (Fsp3) is 0.500. The van der Waals surface area contributed by atoms with Crippen molar-refractivity contribution in [2.45, 2.75) is 24.8 Å². The highest BCUT2D eigenvalue weighted by Crippen LogP contribution is 2.14. The molecule has 1 aromatic heterocycles. The van der Waals surface area contributed by atoms with Gasteiger partial charge in [-0.1, -0.05) is 13.3 Å². The van der Waals surface area contributed by atoms with Crippen molar-refractivity contribution in [1.82, 2.24) is 4.98 Å². The molecule has 0 aliphatic heterocycles. The van der Waals surface area contributed by atoms with E-state index in [0.717, 1.165) is 30.2 Å². The number of unbranched alkanes of at least 4 members (excludes halogenated alkanes) is 1. The first-order valence-electron chi connectivity index (χ1n) is 5.64. The lowest BCUT2D eigenvalue weighted by molar-refractivity contribution is 0.0696. The number of carbonyl (C=O) groups is 1. The predicted octanol–water partition coefficient (Wildman–Crippen LogP) is 2.69. The maximum absolute atomic E-state index is 10.6. The van der Waals surface area contributed by atoms with Crippen LogP contribution in [0.5, 0.6) is 0 Å². The number of aromatic nitrogens is 1. The maximum Gasteiger partial charge on any atom is 0.337 e. The van der Waals surface area contributed by atoms with Crippen LogP contribution in [-0.4, -0.2) is 35.0 Å². The van der Waals surface area contributed by atoms with E-state index in [1.165, 1.54) is 6.20 Å². The zero-order valence-electron chi connectivity index (χ0n) is 9.89. The van der Waals surface area contributed by atoms with Gasteiger partial charge in [0.15, 0.2) is 0 Å². The van der Waals surface area contributed by atoms with Crippen LogP contribution in [0.4, 0.5) is 0 Å². The smallest absolute Gasteiger partial charge is 0.337 e. The molecule has 0 spiro atoms. The van der Waals surface area contributed by atoms with Crippen LogP contribution in [0.2, 0.25) is 0 Å². The fourth-order valence-electron chi connectivity index (χ4n) is 1.15. The minimum absolute atomic E-state index is 0.216. The Kier molecular flexibility index (Phi) is 6.65. The van der Waals surface area contributed by atoms with E-state index in [1.807, 2.05) is 0 Å². The molecule has 0 radical (unpaired) electrons. The number of ether oxygens (including phenoxy) is 1. The van der Waals surface area contributed by atoms with E-state index >= 15 is 0 Å². The Hall–Kier alpha value is -1.07. The number of pyridine rings is 1. The van der Waals surface area contributed by atoms with E-state index in [-0.39, 0.29) is 5.56 Å². The van der Waals surface area contributed by atoms with Crippen LogP contribution in [0, 0.1) is 0 Å². The molecule has 0 fully saturated rings. The standard InChI is InChI=1S/C12H17NO3S/c1-2-3-6-16-7-8-17-11-5-4-10(9-13-11)12(14)15/h4-5,9H,2-3,6-8H2,1H3,(H,14,15). The summed E-state index contributed by atoms with van der Waals surface area (Å²) in [5.41, 5.74) is 0.216. The molecule has 17 heavy (non-hydrogen) atoms. The summed E-state index contributed by atoms with van der Waals surface area (Å²) in [4.78, 5) is 14.7. The molecule has 1 aromatic rings. The predicted molar refractivity (Wildman–Crippen MR) is 67.6 cm³/mol. The highest BCUT2D eigenvalue weighted by Gasteiger charge is 2.02. The molecule has 0 amide bonds. The number of aromatic carboxylic acids is 1. The van der Waals surface area contributed by atoms with Crippen molar-refractivity contribution in [3.05, 3.63) is 23.9 Å². The summed E-state index contributed by atoms with van der Waals surface area (Å²) in [5.74, 6) is -0.111. The third-order valence-electron chi connectivity index (χ3n) is 2.10. The van der Waals surface area contributed by atoms with Crippen molar-refractivity contribution in [1.29, 1.82) is 0 Å². The van der Waals surface area contributed by atoms with Crippen molar-refractivity contribution in [3.8, 4) is 0 Å². The van der Waals surface area contributed by atoms with Crippen LogP contribution in [-0.2, 0) is 4.74 Å². The van der Waals surface area contributed by atoms with Crippen LogP contribution < -0.4 is 0 Å². The average molecular weight is 255 g/mol. The van der Waals surface area contributed by atoms with Crippen molar-refractivity contribution in [2.75, 3.05) is 19.0 Å². The van der Waals surface area contributed by atoms with Gasteiger partial charge in [-0.05, 0) is 18.6 Å². The summed E-state index contributed by atoms with van der Waals surface area (Å²) in [6.07, 6.45) is 3.62. The first-order chi connectivity index (χ1) is 8.24. The Labute approximate surface area is 105 Å². The Morgan fingerprint density at radius 3 is 2.88 bits per heavy atom. The van der Waals surface area contributed by atoms with Crippen LogP contribution in [0.1, 0.15) is 30.1 Å². The Bertz CT molecular complexity index is 340. The van der Waals surface area contributed by atoms with Gasteiger partial charge in [0.05, 0.1) is 17.2 Å². The van der Waals surface area contributed by atoms with Gasteiger partial charge in [0.25, 0.3) is 0 Å². The lowest BCUT2D eigenvalue weighted by atomic mass is 10.3. The minimum Gasteiger partial charge on any atom is -0.478 e.